The van der Waals surface area contributed by atoms with Gasteiger partial charge in [0.2, 0.25) is 0 Å². The zero-order valence-corrected chi connectivity index (χ0v) is 16.4. The number of carbonyl (C=O) groups is 1. The van der Waals surface area contributed by atoms with E-state index in [-0.39, 0.29) is 11.7 Å². The number of rotatable bonds is 5. The molecule has 1 amide bonds. The first-order valence-electron chi connectivity index (χ1n) is 7.90. The smallest absolute Gasteiger partial charge is 0.260 e. The lowest BCUT2D eigenvalue weighted by Crippen LogP contribution is -2.13. The molecule has 6 nitrogen and oxygen atoms in total. The second-order valence-electron chi connectivity index (χ2n) is 5.66. The zero-order chi connectivity index (χ0) is 18.8. The molecule has 0 aliphatic heterocycles. The highest BCUT2D eigenvalue weighted by Crippen LogP contribution is 2.27. The first-order chi connectivity index (χ1) is 12.4. The number of anilines is 1. The van der Waals surface area contributed by atoms with Crippen LogP contribution in [0, 0.1) is 6.92 Å². The van der Waals surface area contributed by atoms with E-state index in [4.69, 9.17) is 34.8 Å². The molecule has 1 N–H and O–H groups in total. The summed E-state index contributed by atoms with van der Waals surface area (Å²) in [5.74, 6) is -0.0476. The number of hydrogen-bond acceptors (Lipinski definition) is 3. The summed E-state index contributed by atoms with van der Waals surface area (Å²) in [7, 11) is 0. The first kappa shape index (κ1) is 18.8. The van der Waals surface area contributed by atoms with Gasteiger partial charge in [0.1, 0.15) is 5.02 Å². The Hall–Kier alpha value is -2.02. The average Bonchev–Trinajstić information content (AvgIpc) is 3.14. The monoisotopic (exact) mass is 411 g/mol. The number of nitrogens with zero attached hydrogens (tertiary/aromatic N) is 4. The predicted octanol–water partition coefficient (Wildman–Crippen LogP) is 4.67. The maximum absolute atomic E-state index is 12.5. The predicted molar refractivity (Wildman–Crippen MR) is 103 cm³/mol. The summed E-state index contributed by atoms with van der Waals surface area (Å²) in [6.07, 6.45) is 3.30. The molecule has 0 atom stereocenters. The standard InChI is InChI=1S/C17H16Cl3N5O/c1-3-24-7-11(10(2)22-24)17(26)21-16-15(20)9-25(23-16)8-12-13(18)5-4-6-14(12)19/h4-7,9H,3,8H2,1-2H3,(H,21,23,26). The van der Waals surface area contributed by atoms with Gasteiger partial charge >= 0.3 is 0 Å². The Morgan fingerprint density at radius 3 is 2.38 bits per heavy atom. The maximum atomic E-state index is 12.5. The van der Waals surface area contributed by atoms with Gasteiger partial charge in [-0.15, -0.1) is 0 Å². The SMILES string of the molecule is CCn1cc(C(=O)Nc2nn(Cc3c(Cl)cccc3Cl)cc2Cl)c(C)n1. The van der Waals surface area contributed by atoms with Crippen molar-refractivity contribution in [1.29, 1.82) is 0 Å². The summed E-state index contributed by atoms with van der Waals surface area (Å²) in [6, 6.07) is 5.28. The maximum Gasteiger partial charge on any atom is 0.260 e. The van der Waals surface area contributed by atoms with E-state index < -0.39 is 0 Å². The Kier molecular flexibility index (Phi) is 5.55. The van der Waals surface area contributed by atoms with Crippen LogP contribution in [-0.2, 0) is 13.1 Å². The van der Waals surface area contributed by atoms with Gasteiger partial charge in [-0.05, 0) is 26.0 Å². The van der Waals surface area contributed by atoms with Crippen molar-refractivity contribution in [2.24, 2.45) is 0 Å². The van der Waals surface area contributed by atoms with Crippen LogP contribution in [0.15, 0.2) is 30.6 Å². The number of halogens is 3. The zero-order valence-electron chi connectivity index (χ0n) is 14.1. The Morgan fingerprint density at radius 2 is 1.77 bits per heavy atom. The van der Waals surface area contributed by atoms with Gasteiger partial charge < -0.3 is 5.32 Å². The number of carbonyl (C=O) groups excluding carboxylic acids is 1. The van der Waals surface area contributed by atoms with Crippen LogP contribution in [0.3, 0.4) is 0 Å². The van der Waals surface area contributed by atoms with Crippen LogP contribution in [0.25, 0.3) is 0 Å². The Bertz CT molecular complexity index is 943. The summed E-state index contributed by atoms with van der Waals surface area (Å²) in [5, 5.41) is 12.7. The van der Waals surface area contributed by atoms with E-state index in [1.807, 2.05) is 6.92 Å². The van der Waals surface area contributed by atoms with E-state index >= 15 is 0 Å². The molecule has 3 rings (SSSR count). The summed E-state index contributed by atoms with van der Waals surface area (Å²) >= 11 is 18.6. The molecule has 136 valence electrons. The summed E-state index contributed by atoms with van der Waals surface area (Å²) in [4.78, 5) is 12.5. The van der Waals surface area contributed by atoms with Crippen LogP contribution in [-0.4, -0.2) is 25.5 Å². The molecule has 3 aromatic rings. The van der Waals surface area contributed by atoms with Crippen molar-refractivity contribution in [3.05, 3.63) is 62.5 Å². The van der Waals surface area contributed by atoms with E-state index in [0.29, 0.717) is 39.4 Å². The van der Waals surface area contributed by atoms with E-state index in [2.05, 4.69) is 15.5 Å². The highest BCUT2D eigenvalue weighted by atomic mass is 35.5. The average molecular weight is 413 g/mol. The molecule has 0 bridgehead atoms. The molecule has 2 aromatic heterocycles. The van der Waals surface area contributed by atoms with Crippen LogP contribution in [0.1, 0.15) is 28.5 Å². The van der Waals surface area contributed by atoms with Crippen molar-refractivity contribution < 1.29 is 4.79 Å². The van der Waals surface area contributed by atoms with E-state index in [1.54, 1.807) is 46.9 Å². The molecule has 0 unspecified atom stereocenters. The molecule has 9 heteroatoms. The second kappa shape index (κ2) is 7.70. The minimum absolute atomic E-state index is 0.267. The largest absolute Gasteiger partial charge is 0.304 e. The van der Waals surface area contributed by atoms with Gasteiger partial charge in [-0.1, -0.05) is 40.9 Å². The van der Waals surface area contributed by atoms with Crippen molar-refractivity contribution >= 4 is 46.5 Å². The molecule has 0 saturated carbocycles. The van der Waals surface area contributed by atoms with E-state index in [9.17, 15) is 4.79 Å². The van der Waals surface area contributed by atoms with Gasteiger partial charge in [0, 0.05) is 34.5 Å². The quantitative estimate of drug-likeness (QED) is 0.662. The number of aromatic nitrogens is 4. The molecule has 0 aliphatic carbocycles. The van der Waals surface area contributed by atoms with Crippen molar-refractivity contribution in [3.63, 3.8) is 0 Å². The third kappa shape index (κ3) is 3.87. The topological polar surface area (TPSA) is 64.7 Å². The van der Waals surface area contributed by atoms with Gasteiger partial charge in [-0.2, -0.15) is 10.2 Å². The molecule has 1 aromatic carbocycles. The number of aryl methyl sites for hydroxylation is 2. The van der Waals surface area contributed by atoms with Crippen molar-refractivity contribution in [3.8, 4) is 0 Å². The van der Waals surface area contributed by atoms with Crippen molar-refractivity contribution in [2.45, 2.75) is 26.9 Å². The lowest BCUT2D eigenvalue weighted by Gasteiger charge is -2.06. The van der Waals surface area contributed by atoms with Gasteiger partial charge in [-0.25, -0.2) is 0 Å². The van der Waals surface area contributed by atoms with Crippen molar-refractivity contribution in [1.82, 2.24) is 19.6 Å². The molecule has 0 fully saturated rings. The van der Waals surface area contributed by atoms with Crippen LogP contribution in [0.5, 0.6) is 0 Å². The third-order valence-electron chi connectivity index (χ3n) is 3.85. The van der Waals surface area contributed by atoms with Gasteiger partial charge in [0.15, 0.2) is 5.82 Å². The lowest BCUT2D eigenvalue weighted by atomic mass is 10.2. The molecular formula is C17H16Cl3N5O. The molecule has 26 heavy (non-hydrogen) atoms. The Labute approximate surface area is 165 Å². The summed E-state index contributed by atoms with van der Waals surface area (Å²) in [5.41, 5.74) is 1.85. The first-order valence-corrected chi connectivity index (χ1v) is 9.03. The highest BCUT2D eigenvalue weighted by Gasteiger charge is 2.17. The third-order valence-corrected chi connectivity index (χ3v) is 4.83. The van der Waals surface area contributed by atoms with Gasteiger partial charge in [0.05, 0.1) is 17.8 Å². The Balaban J connectivity index is 1.80. The molecular weight excluding hydrogens is 397 g/mol. The fourth-order valence-corrected chi connectivity index (χ4v) is 3.20. The molecule has 0 saturated heterocycles. The van der Waals surface area contributed by atoms with Crippen LogP contribution >= 0.6 is 34.8 Å². The summed E-state index contributed by atoms with van der Waals surface area (Å²) < 4.78 is 3.28. The number of hydrogen-bond donors (Lipinski definition) is 1. The molecule has 0 spiro atoms. The van der Waals surface area contributed by atoms with E-state index in [0.717, 1.165) is 5.56 Å². The lowest BCUT2D eigenvalue weighted by molar-refractivity contribution is 0.102. The van der Waals surface area contributed by atoms with Gasteiger partial charge in [-0.3, -0.25) is 14.2 Å². The molecule has 0 radical (unpaired) electrons. The van der Waals surface area contributed by atoms with Gasteiger partial charge in [0.25, 0.3) is 5.91 Å². The fourth-order valence-electron chi connectivity index (χ4n) is 2.49. The number of amides is 1. The number of benzene rings is 1. The van der Waals surface area contributed by atoms with E-state index in [1.165, 1.54) is 0 Å². The van der Waals surface area contributed by atoms with Crippen LogP contribution in [0.4, 0.5) is 5.82 Å². The minimum Gasteiger partial charge on any atom is -0.304 e. The fraction of sp³-hybridized carbons (Fsp3) is 0.235. The molecule has 0 aliphatic rings. The van der Waals surface area contributed by atoms with Crippen molar-refractivity contribution in [2.75, 3.05) is 5.32 Å². The highest BCUT2D eigenvalue weighted by molar-refractivity contribution is 6.36. The minimum atomic E-state index is -0.315. The normalized spacial score (nSPS) is 11.0. The van der Waals surface area contributed by atoms with Crippen LogP contribution in [0.2, 0.25) is 15.1 Å². The molecule has 2 heterocycles. The Morgan fingerprint density at radius 1 is 1.08 bits per heavy atom. The summed E-state index contributed by atoms with van der Waals surface area (Å²) in [6.45, 7) is 4.75. The number of nitrogens with one attached hydrogen (secondary N) is 1. The van der Waals surface area contributed by atoms with Crippen LogP contribution < -0.4 is 5.32 Å². The second-order valence-corrected chi connectivity index (χ2v) is 6.88.